The molecule has 19 heavy (non-hydrogen) atoms. The Bertz CT molecular complexity index is 552. The van der Waals surface area contributed by atoms with Crippen LogP contribution in [0.3, 0.4) is 0 Å². The first-order valence-electron chi connectivity index (χ1n) is 5.74. The zero-order valence-corrected chi connectivity index (χ0v) is 11.9. The molecule has 0 aliphatic heterocycles. The van der Waals surface area contributed by atoms with Gasteiger partial charge in [0.2, 0.25) is 0 Å². The van der Waals surface area contributed by atoms with Crippen molar-refractivity contribution in [3.63, 3.8) is 0 Å². The first-order valence-corrected chi connectivity index (χ1v) is 7.18. The molecule has 0 amide bonds. The van der Waals surface area contributed by atoms with Gasteiger partial charge in [-0.3, -0.25) is 14.2 Å². The zero-order valence-electron chi connectivity index (χ0n) is 11.1. The molecule has 1 aromatic rings. The summed E-state index contributed by atoms with van der Waals surface area (Å²) in [7, 11) is -0.735. The van der Waals surface area contributed by atoms with E-state index >= 15 is 0 Å². The molecule has 0 atom stereocenters. The number of carbonyl (C=O) groups is 1. The highest BCUT2D eigenvalue weighted by Crippen LogP contribution is 2.16. The lowest BCUT2D eigenvalue weighted by molar-refractivity contribution is -0.137. The monoisotopic (exact) mass is 290 g/mol. The van der Waals surface area contributed by atoms with Crippen molar-refractivity contribution >= 4 is 21.9 Å². The Balaban J connectivity index is 2.81. The minimum absolute atomic E-state index is 0.0909. The molecule has 0 aliphatic rings. The van der Waals surface area contributed by atoms with Crippen LogP contribution in [0, 0.1) is 0 Å². The molecule has 0 radical (unpaired) electrons. The van der Waals surface area contributed by atoms with E-state index in [1.165, 1.54) is 11.7 Å². The van der Waals surface area contributed by atoms with Gasteiger partial charge in [-0.25, -0.2) is 0 Å². The van der Waals surface area contributed by atoms with Gasteiger partial charge in [-0.15, -0.1) is 0 Å². The summed E-state index contributed by atoms with van der Waals surface area (Å²) in [6.45, 7) is 1.78. The van der Waals surface area contributed by atoms with E-state index < -0.39 is 16.2 Å². The van der Waals surface area contributed by atoms with Crippen LogP contribution in [0.5, 0.6) is 0 Å². The van der Waals surface area contributed by atoms with E-state index in [2.05, 4.69) is 9.82 Å². The summed E-state index contributed by atoms with van der Waals surface area (Å²) in [6.07, 6.45) is 1.92. The molecule has 0 aromatic carbocycles. The summed E-state index contributed by atoms with van der Waals surface area (Å²) < 4.78 is 28.8. The Morgan fingerprint density at radius 1 is 1.58 bits per heavy atom. The van der Waals surface area contributed by atoms with Crippen molar-refractivity contribution in [1.82, 2.24) is 14.1 Å². The largest absolute Gasteiger partial charge is 0.481 e. The average Bonchev–Trinajstić information content (AvgIpc) is 2.65. The summed E-state index contributed by atoms with van der Waals surface area (Å²) >= 11 is 0. The van der Waals surface area contributed by atoms with Crippen LogP contribution in [0.4, 0.5) is 5.69 Å². The van der Waals surface area contributed by atoms with Crippen molar-refractivity contribution in [3.8, 4) is 0 Å². The average molecular weight is 290 g/mol. The molecule has 1 rings (SSSR count). The van der Waals surface area contributed by atoms with Crippen LogP contribution in [-0.2, 0) is 28.5 Å². The van der Waals surface area contributed by atoms with Crippen LogP contribution < -0.4 is 4.72 Å². The molecule has 0 saturated carbocycles. The number of nitrogens with zero attached hydrogens (tertiary/aromatic N) is 3. The number of carboxylic acids is 1. The molecule has 2 N–H and O–H groups in total. The molecule has 0 fully saturated rings. The highest BCUT2D eigenvalue weighted by molar-refractivity contribution is 7.90. The Labute approximate surface area is 112 Å². The number of aromatic nitrogens is 2. The SMILES string of the molecule is CCc1nn(C)cc1NS(=O)(=O)N(C)CCC(=O)O. The molecular weight excluding hydrogens is 272 g/mol. The van der Waals surface area contributed by atoms with Gasteiger partial charge in [0.15, 0.2) is 0 Å². The van der Waals surface area contributed by atoms with Gasteiger partial charge in [-0.05, 0) is 6.42 Å². The third-order valence-electron chi connectivity index (χ3n) is 2.53. The maximum atomic E-state index is 12.0. The molecule has 108 valence electrons. The first kappa shape index (κ1) is 15.4. The van der Waals surface area contributed by atoms with E-state index in [-0.39, 0.29) is 13.0 Å². The number of anilines is 1. The lowest BCUT2D eigenvalue weighted by atomic mass is 10.3. The van der Waals surface area contributed by atoms with Crippen molar-refractivity contribution in [3.05, 3.63) is 11.9 Å². The van der Waals surface area contributed by atoms with Gasteiger partial charge in [-0.2, -0.15) is 17.8 Å². The maximum Gasteiger partial charge on any atom is 0.304 e. The van der Waals surface area contributed by atoms with E-state index in [9.17, 15) is 13.2 Å². The fraction of sp³-hybridized carbons (Fsp3) is 0.600. The lowest BCUT2D eigenvalue weighted by Gasteiger charge is -2.17. The summed E-state index contributed by atoms with van der Waals surface area (Å²) in [4.78, 5) is 10.4. The molecular formula is C10H18N4O4S. The van der Waals surface area contributed by atoms with Crippen LogP contribution in [0.2, 0.25) is 0 Å². The van der Waals surface area contributed by atoms with Gasteiger partial charge in [0.1, 0.15) is 0 Å². The molecule has 1 heterocycles. The molecule has 0 spiro atoms. The van der Waals surface area contributed by atoms with Crippen LogP contribution in [0.25, 0.3) is 0 Å². The quantitative estimate of drug-likeness (QED) is 0.738. The summed E-state index contributed by atoms with van der Waals surface area (Å²) in [5, 5.41) is 12.7. The molecule has 0 bridgehead atoms. The van der Waals surface area contributed by atoms with Crippen molar-refractivity contribution in [2.45, 2.75) is 19.8 Å². The van der Waals surface area contributed by atoms with Crippen molar-refractivity contribution in [1.29, 1.82) is 0 Å². The Kier molecular flexibility index (Phi) is 4.90. The Hall–Kier alpha value is -1.61. The topological polar surface area (TPSA) is 105 Å². The smallest absolute Gasteiger partial charge is 0.304 e. The Morgan fingerprint density at radius 2 is 2.21 bits per heavy atom. The van der Waals surface area contributed by atoms with Gasteiger partial charge in [0.05, 0.1) is 17.8 Å². The van der Waals surface area contributed by atoms with Gasteiger partial charge < -0.3 is 5.11 Å². The first-order chi connectivity index (χ1) is 8.76. The van der Waals surface area contributed by atoms with Gasteiger partial charge in [0, 0.05) is 26.8 Å². The van der Waals surface area contributed by atoms with Gasteiger partial charge >= 0.3 is 16.2 Å². The van der Waals surface area contributed by atoms with Crippen LogP contribution >= 0.6 is 0 Å². The van der Waals surface area contributed by atoms with Gasteiger partial charge in [0.25, 0.3) is 0 Å². The molecule has 0 aliphatic carbocycles. The fourth-order valence-electron chi connectivity index (χ4n) is 1.47. The summed E-state index contributed by atoms with van der Waals surface area (Å²) in [5.74, 6) is -1.04. The number of hydrogen-bond acceptors (Lipinski definition) is 4. The number of aliphatic carboxylic acids is 1. The van der Waals surface area contributed by atoms with Crippen LogP contribution in [-0.4, -0.2) is 47.2 Å². The minimum Gasteiger partial charge on any atom is -0.481 e. The van der Waals surface area contributed by atoms with E-state index in [0.717, 1.165) is 4.31 Å². The highest BCUT2D eigenvalue weighted by atomic mass is 32.2. The number of rotatable bonds is 7. The van der Waals surface area contributed by atoms with Crippen molar-refractivity contribution < 1.29 is 18.3 Å². The van der Waals surface area contributed by atoms with E-state index in [4.69, 9.17) is 5.11 Å². The number of aryl methyl sites for hydroxylation is 2. The second-order valence-electron chi connectivity index (χ2n) is 4.09. The zero-order chi connectivity index (χ0) is 14.6. The predicted octanol–water partition coefficient (Wildman–Crippen LogP) is 0.0457. The van der Waals surface area contributed by atoms with Crippen LogP contribution in [0.15, 0.2) is 6.20 Å². The third kappa shape index (κ3) is 4.21. The molecule has 8 nitrogen and oxygen atoms in total. The maximum absolute atomic E-state index is 12.0. The Morgan fingerprint density at radius 3 is 2.74 bits per heavy atom. The number of carboxylic acid groups (broad SMARTS) is 1. The highest BCUT2D eigenvalue weighted by Gasteiger charge is 2.20. The third-order valence-corrected chi connectivity index (χ3v) is 4.01. The van der Waals surface area contributed by atoms with Crippen molar-refractivity contribution in [2.24, 2.45) is 7.05 Å². The number of nitrogens with one attached hydrogen (secondary N) is 1. The second-order valence-corrected chi connectivity index (χ2v) is 5.87. The molecule has 0 saturated heterocycles. The van der Waals surface area contributed by atoms with Gasteiger partial charge in [-0.1, -0.05) is 6.92 Å². The van der Waals surface area contributed by atoms with E-state index in [1.807, 2.05) is 6.92 Å². The van der Waals surface area contributed by atoms with E-state index in [1.54, 1.807) is 13.2 Å². The molecule has 9 heteroatoms. The van der Waals surface area contributed by atoms with Crippen molar-refractivity contribution in [2.75, 3.05) is 18.3 Å². The van der Waals surface area contributed by atoms with E-state index in [0.29, 0.717) is 17.8 Å². The number of hydrogen-bond donors (Lipinski definition) is 2. The summed E-state index contributed by atoms with van der Waals surface area (Å²) in [6, 6.07) is 0. The van der Waals surface area contributed by atoms with Crippen LogP contribution in [0.1, 0.15) is 19.0 Å². The normalized spacial score (nSPS) is 11.8. The second kappa shape index (κ2) is 6.02. The summed E-state index contributed by atoms with van der Waals surface area (Å²) in [5.41, 5.74) is 1.05. The predicted molar refractivity (Wildman–Crippen MR) is 70.0 cm³/mol. The minimum atomic E-state index is -3.76. The lowest BCUT2D eigenvalue weighted by Crippen LogP contribution is -2.34. The fourth-order valence-corrected chi connectivity index (χ4v) is 2.41. The molecule has 1 aromatic heterocycles. The molecule has 0 unspecified atom stereocenters. The standard InChI is InChI=1S/C10H18N4O4S/c1-4-8-9(7-13(2)11-8)12-19(17,18)14(3)6-5-10(15)16/h7,12H,4-6H2,1-3H3,(H,15,16).